The topological polar surface area (TPSA) is 76.3 Å². The summed E-state index contributed by atoms with van der Waals surface area (Å²) in [5.41, 5.74) is 5.85. The van der Waals surface area contributed by atoms with Crippen LogP contribution < -0.4 is 20.7 Å². The summed E-state index contributed by atoms with van der Waals surface area (Å²) in [6.45, 7) is 0. The summed E-state index contributed by atoms with van der Waals surface area (Å²) in [4.78, 5) is 0. The minimum absolute atomic E-state index is 0.475. The average Bonchev–Trinajstić information content (AvgIpc) is 3.52. The average molecular weight is 653 g/mol. The summed E-state index contributed by atoms with van der Waals surface area (Å²) >= 11 is 0. The van der Waals surface area contributed by atoms with E-state index >= 15 is 0 Å². The molecule has 5 heteroatoms. The first-order valence-corrected chi connectivity index (χ1v) is 18.4. The zero-order valence-electron chi connectivity index (χ0n) is 27.0. The van der Waals surface area contributed by atoms with E-state index in [-0.39, 0.29) is 0 Å². The van der Waals surface area contributed by atoms with Crippen molar-refractivity contribution in [3.63, 3.8) is 0 Å². The summed E-state index contributed by atoms with van der Waals surface area (Å²) in [5.74, 6) is 0. The van der Waals surface area contributed by atoms with Crippen LogP contribution in [0, 0.1) is 34.0 Å². The molecule has 8 rings (SSSR count). The molecule has 0 saturated carbocycles. The Morgan fingerprint density at radius 2 is 1.02 bits per heavy atom. The minimum atomic E-state index is -3.05. The normalized spacial score (nSPS) is 11.1. The fourth-order valence-corrected chi connectivity index (χ4v) is 12.6. The second-order valence-electron chi connectivity index (χ2n) is 12.2. The summed E-state index contributed by atoms with van der Waals surface area (Å²) in [7, 11) is -3.05. The molecule has 0 saturated heterocycles. The molecule has 0 unspecified atom stereocenters. The molecule has 0 aliphatic rings. The van der Waals surface area contributed by atoms with Gasteiger partial charge in [0.2, 0.25) is 0 Å². The highest BCUT2D eigenvalue weighted by Crippen LogP contribution is 2.35. The van der Waals surface area contributed by atoms with Gasteiger partial charge < -0.3 is 4.57 Å². The zero-order chi connectivity index (χ0) is 34.1. The lowest BCUT2D eigenvalue weighted by atomic mass is 9.95. The molecule has 50 heavy (non-hydrogen) atoms. The maximum atomic E-state index is 10.8. The Morgan fingerprint density at radius 1 is 0.440 bits per heavy atom. The molecule has 4 nitrogen and oxygen atoms in total. The number of rotatable bonds is 6. The summed E-state index contributed by atoms with van der Waals surface area (Å²) < 4.78 is 2.14. The quantitative estimate of drug-likeness (QED) is 0.138. The van der Waals surface area contributed by atoms with Crippen molar-refractivity contribution in [2.75, 3.05) is 0 Å². The molecule has 1 heterocycles. The Balaban J connectivity index is 1.44. The van der Waals surface area contributed by atoms with Crippen molar-refractivity contribution >= 4 is 50.6 Å². The van der Waals surface area contributed by atoms with E-state index in [2.05, 4.69) is 114 Å². The zero-order valence-corrected chi connectivity index (χ0v) is 28.0. The van der Waals surface area contributed by atoms with Gasteiger partial charge in [-0.1, -0.05) is 127 Å². The fraction of sp³-hybridized carbons (Fsp3) is 0. The summed E-state index contributed by atoms with van der Waals surface area (Å²) in [5, 5.41) is 37.8. The van der Waals surface area contributed by atoms with E-state index in [0.717, 1.165) is 43.8 Å². The highest BCUT2D eigenvalue weighted by molar-refractivity contribution is 7.20. The summed E-state index contributed by atoms with van der Waals surface area (Å²) in [6.07, 6.45) is 0. The van der Waals surface area contributed by atoms with Crippen LogP contribution in [0.25, 0.3) is 38.6 Å². The Bertz CT molecular complexity index is 2580. The van der Waals surface area contributed by atoms with E-state index < -0.39 is 8.07 Å². The van der Waals surface area contributed by atoms with E-state index in [1.807, 2.05) is 78.9 Å². The molecule has 0 amide bonds. The van der Waals surface area contributed by atoms with Gasteiger partial charge in [0, 0.05) is 27.6 Å². The second-order valence-corrected chi connectivity index (χ2v) is 16.0. The lowest BCUT2D eigenvalue weighted by Crippen LogP contribution is -2.75. The van der Waals surface area contributed by atoms with Crippen molar-refractivity contribution in [3.8, 4) is 35.0 Å². The van der Waals surface area contributed by atoms with Crippen molar-refractivity contribution in [3.05, 3.63) is 187 Å². The van der Waals surface area contributed by atoms with Crippen LogP contribution in [-0.4, -0.2) is 12.6 Å². The first-order valence-electron chi connectivity index (χ1n) is 16.4. The fourth-order valence-electron chi connectivity index (χ4n) is 7.58. The van der Waals surface area contributed by atoms with Crippen LogP contribution in [-0.2, 0) is 0 Å². The number of nitrogens with zero attached hydrogens (tertiary/aromatic N) is 4. The Labute approximate surface area is 291 Å². The highest BCUT2D eigenvalue weighted by Gasteiger charge is 2.43. The van der Waals surface area contributed by atoms with Gasteiger partial charge in [0.15, 0.2) is 8.07 Å². The minimum Gasteiger partial charge on any atom is -0.309 e. The summed E-state index contributed by atoms with van der Waals surface area (Å²) in [6, 6.07) is 64.8. The maximum Gasteiger partial charge on any atom is 0.180 e. The monoisotopic (exact) mass is 652 g/mol. The molecule has 0 aliphatic carbocycles. The second kappa shape index (κ2) is 12.6. The van der Waals surface area contributed by atoms with Crippen LogP contribution in [0.5, 0.6) is 0 Å². The van der Waals surface area contributed by atoms with Crippen LogP contribution in [0.4, 0.5) is 0 Å². The largest absolute Gasteiger partial charge is 0.309 e. The highest BCUT2D eigenvalue weighted by atomic mass is 28.3. The van der Waals surface area contributed by atoms with E-state index in [4.69, 9.17) is 0 Å². The molecule has 0 N–H and O–H groups in total. The number of fused-ring (bicyclic) bond motifs is 3. The number of para-hydroxylation sites is 1. The van der Waals surface area contributed by atoms with Crippen LogP contribution in [0.3, 0.4) is 0 Å². The van der Waals surface area contributed by atoms with Crippen LogP contribution in [0.15, 0.2) is 170 Å². The lowest BCUT2D eigenvalue weighted by molar-refractivity contribution is 1.18. The SMILES string of the molecule is N#Cc1ccc2c(c1)c1ccccc1n2-c1ccc(-c2c(C#N)cccc2[Si](c2ccccc2)(c2ccccc2)c2ccccc2)c(C#N)c1. The third-order valence-electron chi connectivity index (χ3n) is 9.66. The van der Waals surface area contributed by atoms with E-state index in [1.165, 1.54) is 15.6 Å². The first kappa shape index (κ1) is 30.4. The number of nitriles is 3. The van der Waals surface area contributed by atoms with Crippen molar-refractivity contribution in [1.29, 1.82) is 15.8 Å². The molecule has 0 bridgehead atoms. The number of aromatic nitrogens is 1. The lowest BCUT2D eigenvalue weighted by Gasteiger charge is -2.36. The molecule has 0 atom stereocenters. The molecule has 0 aliphatic heterocycles. The first-order chi connectivity index (χ1) is 24.7. The molecule has 232 valence electrons. The van der Waals surface area contributed by atoms with Gasteiger partial charge in [-0.05, 0) is 63.2 Å². The molecule has 0 fully saturated rings. The smallest absolute Gasteiger partial charge is 0.180 e. The number of hydrogen-bond acceptors (Lipinski definition) is 3. The van der Waals surface area contributed by atoms with Gasteiger partial charge in [0.25, 0.3) is 0 Å². The van der Waals surface area contributed by atoms with Gasteiger partial charge >= 0.3 is 0 Å². The van der Waals surface area contributed by atoms with Gasteiger partial charge in [-0.25, -0.2) is 0 Å². The van der Waals surface area contributed by atoms with Crippen LogP contribution in [0.2, 0.25) is 0 Å². The standard InChI is InChI=1S/C45H28N4Si/c46-29-32-23-26-43-41(27-32)40-20-10-11-21-42(40)49(43)35-24-25-39(34(28-35)31-48)45-33(30-47)13-12-22-44(45)50(36-14-4-1-5-15-36,37-16-6-2-7-17-37)38-18-8-3-9-19-38/h1-28H. The Morgan fingerprint density at radius 3 is 1.62 bits per heavy atom. The maximum absolute atomic E-state index is 10.8. The van der Waals surface area contributed by atoms with Gasteiger partial charge in [-0.3, -0.25) is 0 Å². The third-order valence-corrected chi connectivity index (χ3v) is 14.5. The Hall–Kier alpha value is -6.97. The van der Waals surface area contributed by atoms with Crippen LogP contribution >= 0.6 is 0 Å². The van der Waals surface area contributed by atoms with Crippen molar-refractivity contribution < 1.29 is 0 Å². The van der Waals surface area contributed by atoms with Gasteiger partial charge in [0.1, 0.15) is 0 Å². The number of hydrogen-bond donors (Lipinski definition) is 0. The van der Waals surface area contributed by atoms with Crippen molar-refractivity contribution in [1.82, 2.24) is 4.57 Å². The third kappa shape index (κ3) is 4.72. The predicted molar refractivity (Wildman–Crippen MR) is 204 cm³/mol. The van der Waals surface area contributed by atoms with E-state index in [0.29, 0.717) is 16.7 Å². The van der Waals surface area contributed by atoms with Crippen molar-refractivity contribution in [2.24, 2.45) is 0 Å². The molecule has 1 aromatic heterocycles. The molecule has 7 aromatic carbocycles. The van der Waals surface area contributed by atoms with Crippen molar-refractivity contribution in [2.45, 2.75) is 0 Å². The Kier molecular flexibility index (Phi) is 7.63. The van der Waals surface area contributed by atoms with E-state index in [1.54, 1.807) is 0 Å². The van der Waals surface area contributed by atoms with Crippen LogP contribution in [0.1, 0.15) is 16.7 Å². The van der Waals surface area contributed by atoms with Gasteiger partial charge in [-0.15, -0.1) is 0 Å². The molecule has 0 radical (unpaired) electrons. The molecular formula is C45H28N4Si. The molecular weight excluding hydrogens is 625 g/mol. The van der Waals surface area contributed by atoms with Gasteiger partial charge in [0.05, 0.1) is 45.9 Å². The predicted octanol–water partition coefficient (Wildman–Crippen LogP) is 7.44. The number of benzene rings is 7. The molecule has 8 aromatic rings. The molecule has 0 spiro atoms. The van der Waals surface area contributed by atoms with Gasteiger partial charge in [-0.2, -0.15) is 15.8 Å². The van der Waals surface area contributed by atoms with E-state index in [9.17, 15) is 15.8 Å².